The molecule has 3 aromatic rings. The minimum absolute atomic E-state index is 0.104. The van der Waals surface area contributed by atoms with Gasteiger partial charge in [-0.2, -0.15) is 18.2 Å². The minimum Gasteiger partial charge on any atom is -0.486 e. The summed E-state index contributed by atoms with van der Waals surface area (Å²) in [5.41, 5.74) is -3.31. The molecule has 0 spiro atoms. The number of nitrogens with zero attached hydrogens (tertiary/aromatic N) is 2. The number of hydrogen-bond donors (Lipinski definition) is 1. The molecule has 2 heterocycles. The van der Waals surface area contributed by atoms with Gasteiger partial charge in [0.25, 0.3) is 11.6 Å². The third-order valence-corrected chi connectivity index (χ3v) is 4.28. The smallest absolute Gasteiger partial charge is 0.416 e. The van der Waals surface area contributed by atoms with E-state index in [1.165, 1.54) is 0 Å². The van der Waals surface area contributed by atoms with Crippen molar-refractivity contribution in [2.24, 2.45) is 0 Å². The van der Waals surface area contributed by atoms with Crippen LogP contribution in [-0.2, 0) is 12.7 Å². The Morgan fingerprint density at radius 2 is 1.87 bits per heavy atom. The fraction of sp³-hybridized carbons (Fsp3) is 0.222. The Kier molecular flexibility index (Phi) is 4.68. The average Bonchev–Trinajstić information content (AvgIpc) is 2.70. The summed E-state index contributed by atoms with van der Waals surface area (Å²) in [5, 5.41) is 13.3. The van der Waals surface area contributed by atoms with Crippen LogP contribution in [0.1, 0.15) is 11.1 Å². The first-order valence-electron chi connectivity index (χ1n) is 8.55. The lowest BCUT2D eigenvalue weighted by atomic mass is 10.1. The van der Waals surface area contributed by atoms with Crippen LogP contribution in [0.2, 0.25) is 0 Å². The quantitative estimate of drug-likeness (QED) is 0.501. The van der Waals surface area contributed by atoms with Gasteiger partial charge in [-0.1, -0.05) is 6.07 Å². The first-order valence-corrected chi connectivity index (χ1v) is 8.55. The molecule has 0 saturated carbocycles. The van der Waals surface area contributed by atoms with Gasteiger partial charge in [0, 0.05) is 12.6 Å². The zero-order chi connectivity index (χ0) is 21.5. The van der Waals surface area contributed by atoms with E-state index in [1.807, 2.05) is 0 Å². The molecule has 4 rings (SSSR count). The molecule has 156 valence electrons. The van der Waals surface area contributed by atoms with Gasteiger partial charge in [-0.15, -0.1) is 0 Å². The molecule has 0 unspecified atom stereocenters. The van der Waals surface area contributed by atoms with Crippen LogP contribution in [0.4, 0.5) is 24.9 Å². The molecule has 1 aliphatic rings. The number of ether oxygens (including phenoxy) is 2. The van der Waals surface area contributed by atoms with Crippen LogP contribution in [0.3, 0.4) is 0 Å². The Bertz CT molecular complexity index is 1210. The Morgan fingerprint density at radius 1 is 1.13 bits per heavy atom. The molecule has 0 atom stereocenters. The van der Waals surface area contributed by atoms with Gasteiger partial charge in [-0.3, -0.25) is 14.9 Å². The molecule has 0 saturated heterocycles. The van der Waals surface area contributed by atoms with Crippen molar-refractivity contribution < 1.29 is 32.0 Å². The van der Waals surface area contributed by atoms with E-state index in [0.29, 0.717) is 42.4 Å². The molecule has 0 radical (unpaired) electrons. The maximum Gasteiger partial charge on any atom is 0.416 e. The van der Waals surface area contributed by atoms with E-state index < -0.39 is 38.9 Å². The lowest BCUT2D eigenvalue weighted by molar-refractivity contribution is -0.383. The number of nitro benzene ring substituents is 1. The van der Waals surface area contributed by atoms with E-state index in [4.69, 9.17) is 13.9 Å². The molecule has 1 N–H and O–H groups in total. The van der Waals surface area contributed by atoms with Crippen molar-refractivity contribution in [3.8, 4) is 11.5 Å². The molecule has 1 aliphatic heterocycles. The van der Waals surface area contributed by atoms with Crippen LogP contribution in [0, 0.1) is 10.1 Å². The minimum atomic E-state index is -4.87. The fourth-order valence-corrected chi connectivity index (χ4v) is 2.90. The molecule has 0 aliphatic carbocycles. The lowest BCUT2D eigenvalue weighted by Crippen LogP contribution is -2.16. The number of anilines is 1. The van der Waals surface area contributed by atoms with Crippen LogP contribution in [-0.4, -0.2) is 23.1 Å². The predicted octanol–water partition coefficient (Wildman–Crippen LogP) is 3.50. The molecular weight excluding hydrogens is 411 g/mol. The van der Waals surface area contributed by atoms with Gasteiger partial charge in [-0.25, -0.2) is 0 Å². The summed E-state index contributed by atoms with van der Waals surface area (Å²) in [6.45, 7) is 0.937. The summed E-state index contributed by atoms with van der Waals surface area (Å²) in [6, 6.07) is 5.53. The second-order valence-electron chi connectivity index (χ2n) is 6.28. The van der Waals surface area contributed by atoms with Gasteiger partial charge >= 0.3 is 11.9 Å². The summed E-state index contributed by atoms with van der Waals surface area (Å²) < 4.78 is 55.1. The monoisotopic (exact) mass is 423 g/mol. The van der Waals surface area contributed by atoms with E-state index in [9.17, 15) is 28.1 Å². The third kappa shape index (κ3) is 3.71. The molecular formula is C18H12F3N3O6. The van der Waals surface area contributed by atoms with Crippen LogP contribution in [0.15, 0.2) is 39.5 Å². The summed E-state index contributed by atoms with van der Waals surface area (Å²) >= 11 is 0. The number of non-ortho nitro benzene ring substituents is 1. The van der Waals surface area contributed by atoms with Crippen LogP contribution >= 0.6 is 0 Å². The van der Waals surface area contributed by atoms with Gasteiger partial charge in [0.1, 0.15) is 13.2 Å². The average molecular weight is 423 g/mol. The molecule has 12 heteroatoms. The van der Waals surface area contributed by atoms with Crippen molar-refractivity contribution in [2.75, 3.05) is 18.5 Å². The van der Waals surface area contributed by atoms with Crippen molar-refractivity contribution in [3.63, 3.8) is 0 Å². The molecule has 0 amide bonds. The Morgan fingerprint density at radius 3 is 2.57 bits per heavy atom. The first kappa shape index (κ1) is 19.5. The molecule has 9 nitrogen and oxygen atoms in total. The molecule has 1 aromatic heterocycles. The second kappa shape index (κ2) is 7.21. The maximum atomic E-state index is 13.0. The van der Waals surface area contributed by atoms with Crippen molar-refractivity contribution in [3.05, 3.63) is 61.9 Å². The SMILES string of the molecule is O=c1nc(NCc2ccc3c(c2)OCCO3)oc2c([N+](=O)[O-])cc(C(F)(F)F)cc12. The highest BCUT2D eigenvalue weighted by Gasteiger charge is 2.34. The van der Waals surface area contributed by atoms with Gasteiger partial charge in [0.15, 0.2) is 11.5 Å². The van der Waals surface area contributed by atoms with E-state index in [-0.39, 0.29) is 12.6 Å². The van der Waals surface area contributed by atoms with Gasteiger partial charge in [0.2, 0.25) is 5.58 Å². The highest BCUT2D eigenvalue weighted by molar-refractivity contribution is 5.86. The van der Waals surface area contributed by atoms with Gasteiger partial charge in [0.05, 0.1) is 15.9 Å². The molecule has 30 heavy (non-hydrogen) atoms. The number of alkyl halides is 3. The maximum absolute atomic E-state index is 13.0. The Labute approximate surface area is 165 Å². The highest BCUT2D eigenvalue weighted by atomic mass is 19.4. The van der Waals surface area contributed by atoms with Crippen molar-refractivity contribution >= 4 is 22.7 Å². The van der Waals surface area contributed by atoms with Crippen LogP contribution in [0.5, 0.6) is 11.5 Å². The topological polar surface area (TPSA) is 117 Å². The molecule has 0 bridgehead atoms. The number of rotatable bonds is 4. The van der Waals surface area contributed by atoms with Gasteiger partial charge < -0.3 is 19.2 Å². The standard InChI is InChI=1S/C18H12F3N3O6/c19-18(20,21)10-6-11-15(12(7-10)24(26)27)30-17(23-16(11)25)22-8-9-1-2-13-14(5-9)29-4-3-28-13/h1-2,5-7H,3-4,8H2,(H,22,23,25). The van der Waals surface area contributed by atoms with Crippen LogP contribution < -0.4 is 20.3 Å². The lowest BCUT2D eigenvalue weighted by Gasteiger charge is -2.18. The highest BCUT2D eigenvalue weighted by Crippen LogP contribution is 2.36. The van der Waals surface area contributed by atoms with E-state index in [2.05, 4.69) is 10.3 Å². The number of nitro groups is 1. The number of fused-ring (bicyclic) bond motifs is 2. The van der Waals surface area contributed by atoms with Crippen molar-refractivity contribution in [2.45, 2.75) is 12.7 Å². The Hall–Kier alpha value is -3.83. The largest absolute Gasteiger partial charge is 0.486 e. The second-order valence-corrected chi connectivity index (χ2v) is 6.28. The summed E-state index contributed by atoms with van der Waals surface area (Å²) in [4.78, 5) is 26.0. The normalized spacial score (nSPS) is 13.3. The predicted molar refractivity (Wildman–Crippen MR) is 96.7 cm³/mol. The number of benzene rings is 2. The van der Waals surface area contributed by atoms with E-state index in [0.717, 1.165) is 0 Å². The number of halogens is 3. The third-order valence-electron chi connectivity index (χ3n) is 4.28. The van der Waals surface area contributed by atoms with E-state index in [1.54, 1.807) is 18.2 Å². The van der Waals surface area contributed by atoms with Crippen molar-refractivity contribution in [1.82, 2.24) is 4.98 Å². The zero-order valence-electron chi connectivity index (χ0n) is 15.0. The fourth-order valence-electron chi connectivity index (χ4n) is 2.90. The molecule has 2 aromatic carbocycles. The summed E-state index contributed by atoms with van der Waals surface area (Å²) in [5.74, 6) is 1.11. The Balaban J connectivity index is 1.68. The summed E-state index contributed by atoms with van der Waals surface area (Å²) in [7, 11) is 0. The van der Waals surface area contributed by atoms with Gasteiger partial charge in [-0.05, 0) is 23.8 Å². The van der Waals surface area contributed by atoms with Crippen LogP contribution in [0.25, 0.3) is 11.0 Å². The molecule has 0 fully saturated rings. The number of nitrogens with one attached hydrogen (secondary N) is 1. The van der Waals surface area contributed by atoms with E-state index >= 15 is 0 Å². The summed E-state index contributed by atoms with van der Waals surface area (Å²) in [6.07, 6.45) is -4.87. The zero-order valence-corrected chi connectivity index (χ0v) is 15.0. The van der Waals surface area contributed by atoms with Crippen molar-refractivity contribution in [1.29, 1.82) is 0 Å². The number of hydrogen-bond acceptors (Lipinski definition) is 8. The number of aromatic nitrogens is 1. The first-order chi connectivity index (χ1) is 14.2.